The largest absolute Gasteiger partial charge is 0.381 e. The molecule has 0 heterocycles. The van der Waals surface area contributed by atoms with Crippen LogP contribution in [0.1, 0.15) is 58.8 Å². The average Bonchev–Trinajstić information content (AvgIpc) is 2.26. The molecule has 1 rings (SSSR count). The predicted molar refractivity (Wildman–Crippen MR) is 61.4 cm³/mol. The van der Waals surface area contributed by atoms with Crippen molar-refractivity contribution in [2.45, 2.75) is 64.9 Å². The molecule has 1 saturated carbocycles. The molecule has 0 saturated heterocycles. The maximum Gasteiger partial charge on any atom is 0.0571 e. The SMILES string of the molecule is CCCCC1CCC(C(C)OC)CC1. The normalized spacial score (nSPS) is 30.2. The molecule has 14 heavy (non-hydrogen) atoms. The van der Waals surface area contributed by atoms with E-state index in [0.717, 1.165) is 11.8 Å². The van der Waals surface area contributed by atoms with Crippen molar-refractivity contribution < 1.29 is 4.74 Å². The molecule has 0 aromatic rings. The quantitative estimate of drug-likeness (QED) is 0.648. The number of ether oxygens (including phenoxy) is 1. The van der Waals surface area contributed by atoms with Gasteiger partial charge >= 0.3 is 0 Å². The highest BCUT2D eigenvalue weighted by Crippen LogP contribution is 2.34. The van der Waals surface area contributed by atoms with Gasteiger partial charge in [-0.2, -0.15) is 0 Å². The Morgan fingerprint density at radius 3 is 2.36 bits per heavy atom. The van der Waals surface area contributed by atoms with Gasteiger partial charge in [-0.05, 0) is 31.6 Å². The van der Waals surface area contributed by atoms with Gasteiger partial charge in [0.15, 0.2) is 0 Å². The molecule has 1 aliphatic carbocycles. The second-order valence-corrected chi connectivity index (χ2v) is 4.86. The molecule has 0 amide bonds. The van der Waals surface area contributed by atoms with Crippen LogP contribution in [0, 0.1) is 11.8 Å². The predicted octanol–water partition coefficient (Wildman–Crippen LogP) is 4.02. The Labute approximate surface area is 89.2 Å². The molecule has 1 nitrogen and oxygen atoms in total. The fourth-order valence-corrected chi connectivity index (χ4v) is 2.63. The highest BCUT2D eigenvalue weighted by atomic mass is 16.5. The number of hydrogen-bond acceptors (Lipinski definition) is 1. The number of rotatable bonds is 5. The maximum atomic E-state index is 5.41. The first kappa shape index (κ1) is 12.0. The van der Waals surface area contributed by atoms with E-state index in [4.69, 9.17) is 4.74 Å². The molecular weight excluding hydrogens is 172 g/mol. The summed E-state index contributed by atoms with van der Waals surface area (Å²) in [5.41, 5.74) is 0. The van der Waals surface area contributed by atoms with Crippen LogP contribution < -0.4 is 0 Å². The molecule has 84 valence electrons. The fraction of sp³-hybridized carbons (Fsp3) is 1.00. The summed E-state index contributed by atoms with van der Waals surface area (Å²) in [5.74, 6) is 1.85. The fourth-order valence-electron chi connectivity index (χ4n) is 2.63. The molecule has 0 aliphatic heterocycles. The Bertz CT molecular complexity index is 136. The van der Waals surface area contributed by atoms with E-state index >= 15 is 0 Å². The lowest BCUT2D eigenvalue weighted by molar-refractivity contribution is 0.0422. The van der Waals surface area contributed by atoms with Gasteiger partial charge in [-0.3, -0.25) is 0 Å². The van der Waals surface area contributed by atoms with Crippen LogP contribution in [0.25, 0.3) is 0 Å². The first-order valence-electron chi connectivity index (χ1n) is 6.30. The standard InChI is InChI=1S/C13H26O/c1-4-5-6-12-7-9-13(10-8-12)11(2)14-3/h11-13H,4-10H2,1-3H3. The molecule has 0 aromatic heterocycles. The van der Waals surface area contributed by atoms with Crippen molar-refractivity contribution in [3.8, 4) is 0 Å². The highest BCUT2D eigenvalue weighted by molar-refractivity contribution is 4.76. The van der Waals surface area contributed by atoms with E-state index in [1.807, 2.05) is 7.11 Å². The van der Waals surface area contributed by atoms with Crippen molar-refractivity contribution in [1.29, 1.82) is 0 Å². The zero-order valence-corrected chi connectivity index (χ0v) is 10.1. The molecule has 1 fully saturated rings. The zero-order valence-electron chi connectivity index (χ0n) is 10.1. The van der Waals surface area contributed by atoms with Crippen LogP contribution in [0.5, 0.6) is 0 Å². The maximum absolute atomic E-state index is 5.41. The first-order chi connectivity index (χ1) is 6.77. The zero-order chi connectivity index (χ0) is 10.4. The molecule has 0 bridgehead atoms. The molecular formula is C13H26O. The van der Waals surface area contributed by atoms with Crippen LogP contribution in [0.3, 0.4) is 0 Å². The van der Waals surface area contributed by atoms with Gasteiger partial charge in [0.25, 0.3) is 0 Å². The second-order valence-electron chi connectivity index (χ2n) is 4.86. The minimum absolute atomic E-state index is 0.474. The summed E-state index contributed by atoms with van der Waals surface area (Å²) >= 11 is 0. The van der Waals surface area contributed by atoms with Crippen LogP contribution in [0.4, 0.5) is 0 Å². The van der Waals surface area contributed by atoms with Crippen LogP contribution >= 0.6 is 0 Å². The van der Waals surface area contributed by atoms with Crippen molar-refractivity contribution >= 4 is 0 Å². The summed E-state index contributed by atoms with van der Waals surface area (Å²) in [6.45, 7) is 4.51. The van der Waals surface area contributed by atoms with Crippen LogP contribution in [-0.2, 0) is 4.74 Å². The van der Waals surface area contributed by atoms with Gasteiger partial charge in [-0.15, -0.1) is 0 Å². The van der Waals surface area contributed by atoms with Crippen molar-refractivity contribution in [2.75, 3.05) is 7.11 Å². The van der Waals surface area contributed by atoms with E-state index in [0.29, 0.717) is 6.10 Å². The average molecular weight is 198 g/mol. The van der Waals surface area contributed by atoms with Gasteiger partial charge in [0.1, 0.15) is 0 Å². The van der Waals surface area contributed by atoms with E-state index in [9.17, 15) is 0 Å². The van der Waals surface area contributed by atoms with Gasteiger partial charge in [0.2, 0.25) is 0 Å². The van der Waals surface area contributed by atoms with Gasteiger partial charge in [-0.25, -0.2) is 0 Å². The van der Waals surface area contributed by atoms with Crippen LogP contribution in [0.15, 0.2) is 0 Å². The summed E-state index contributed by atoms with van der Waals surface area (Å²) in [4.78, 5) is 0. The van der Waals surface area contributed by atoms with Gasteiger partial charge in [0.05, 0.1) is 6.10 Å². The van der Waals surface area contributed by atoms with Crippen LogP contribution in [0.2, 0.25) is 0 Å². The number of hydrogen-bond donors (Lipinski definition) is 0. The molecule has 1 atom stereocenters. The Hall–Kier alpha value is -0.0400. The van der Waals surface area contributed by atoms with E-state index in [-0.39, 0.29) is 0 Å². The molecule has 0 spiro atoms. The Balaban J connectivity index is 2.17. The lowest BCUT2D eigenvalue weighted by atomic mass is 9.78. The number of methoxy groups -OCH3 is 1. The molecule has 0 radical (unpaired) electrons. The third kappa shape index (κ3) is 3.61. The van der Waals surface area contributed by atoms with E-state index in [2.05, 4.69) is 13.8 Å². The smallest absolute Gasteiger partial charge is 0.0571 e. The van der Waals surface area contributed by atoms with Gasteiger partial charge < -0.3 is 4.74 Å². The topological polar surface area (TPSA) is 9.23 Å². The van der Waals surface area contributed by atoms with E-state index in [1.165, 1.54) is 44.9 Å². The minimum atomic E-state index is 0.474. The molecule has 1 heteroatoms. The van der Waals surface area contributed by atoms with Crippen LogP contribution in [-0.4, -0.2) is 13.2 Å². The lowest BCUT2D eigenvalue weighted by Crippen LogP contribution is -2.24. The number of unbranched alkanes of at least 4 members (excludes halogenated alkanes) is 1. The Morgan fingerprint density at radius 1 is 1.21 bits per heavy atom. The molecule has 1 aliphatic rings. The molecule has 0 N–H and O–H groups in total. The first-order valence-corrected chi connectivity index (χ1v) is 6.30. The Kier molecular flexibility index (Phi) is 5.54. The Morgan fingerprint density at radius 2 is 1.86 bits per heavy atom. The summed E-state index contributed by atoms with van der Waals surface area (Å²) in [5, 5.41) is 0. The summed E-state index contributed by atoms with van der Waals surface area (Å²) in [6.07, 6.45) is 10.4. The highest BCUT2D eigenvalue weighted by Gasteiger charge is 2.24. The third-order valence-electron chi connectivity index (χ3n) is 3.89. The summed E-state index contributed by atoms with van der Waals surface area (Å²) < 4.78 is 5.41. The van der Waals surface area contributed by atoms with Crippen molar-refractivity contribution in [2.24, 2.45) is 11.8 Å². The molecule has 0 aromatic carbocycles. The van der Waals surface area contributed by atoms with Gasteiger partial charge in [0, 0.05) is 7.11 Å². The summed E-state index contributed by atoms with van der Waals surface area (Å²) in [7, 11) is 1.84. The molecule has 1 unspecified atom stereocenters. The monoisotopic (exact) mass is 198 g/mol. The third-order valence-corrected chi connectivity index (χ3v) is 3.89. The second kappa shape index (κ2) is 6.44. The summed E-state index contributed by atoms with van der Waals surface area (Å²) in [6, 6.07) is 0. The van der Waals surface area contributed by atoms with Crippen molar-refractivity contribution in [1.82, 2.24) is 0 Å². The van der Waals surface area contributed by atoms with E-state index < -0.39 is 0 Å². The van der Waals surface area contributed by atoms with Crippen molar-refractivity contribution in [3.05, 3.63) is 0 Å². The minimum Gasteiger partial charge on any atom is -0.381 e. The van der Waals surface area contributed by atoms with Crippen molar-refractivity contribution in [3.63, 3.8) is 0 Å². The lowest BCUT2D eigenvalue weighted by Gasteiger charge is -2.31. The van der Waals surface area contributed by atoms with Gasteiger partial charge in [-0.1, -0.05) is 39.0 Å². The van der Waals surface area contributed by atoms with E-state index in [1.54, 1.807) is 0 Å².